The Morgan fingerprint density at radius 2 is 2.17 bits per heavy atom. The summed E-state index contributed by atoms with van der Waals surface area (Å²) in [4.78, 5) is 13.4. The van der Waals surface area contributed by atoms with Crippen LogP contribution in [0, 0.1) is 0 Å². The topological polar surface area (TPSA) is 40.5 Å². The number of carboxylic acid groups (broad SMARTS) is 1. The number of carbonyl (C=O) groups is 1. The van der Waals surface area contributed by atoms with Gasteiger partial charge in [0.2, 0.25) is 0 Å². The maximum atomic E-state index is 11.4. The molecule has 0 fully saturated rings. The van der Waals surface area contributed by atoms with Crippen molar-refractivity contribution in [1.29, 1.82) is 0 Å². The third-order valence-corrected chi connectivity index (χ3v) is 4.24. The van der Waals surface area contributed by atoms with Crippen LogP contribution in [-0.4, -0.2) is 40.1 Å². The number of aliphatic carboxylic acids is 1. The second-order valence-corrected chi connectivity index (χ2v) is 5.89. The van der Waals surface area contributed by atoms with Crippen molar-refractivity contribution in [2.24, 2.45) is 0 Å². The molecule has 0 bridgehead atoms. The normalized spacial score (nSPS) is 19.5. The van der Waals surface area contributed by atoms with Gasteiger partial charge in [-0.3, -0.25) is 9.69 Å². The Labute approximate surface area is 112 Å². The third kappa shape index (κ3) is 3.06. The van der Waals surface area contributed by atoms with Crippen molar-refractivity contribution in [2.75, 3.05) is 18.1 Å². The van der Waals surface area contributed by atoms with Crippen LogP contribution in [0.15, 0.2) is 24.3 Å². The summed E-state index contributed by atoms with van der Waals surface area (Å²) in [5, 5.41) is 9.34. The molecule has 1 aliphatic heterocycles. The zero-order valence-corrected chi connectivity index (χ0v) is 11.4. The minimum atomic E-state index is -0.703. The SMILES string of the molecule is CCSCCN1Cc2ccccc2C[C@H]1C(=O)O. The number of fused-ring (bicyclic) bond motifs is 1. The molecule has 1 aliphatic rings. The summed E-state index contributed by atoms with van der Waals surface area (Å²) < 4.78 is 0. The quantitative estimate of drug-likeness (QED) is 0.829. The Kier molecular flexibility index (Phi) is 4.66. The van der Waals surface area contributed by atoms with E-state index in [0.717, 1.165) is 24.6 Å². The Balaban J connectivity index is 2.10. The molecule has 1 N–H and O–H groups in total. The highest BCUT2D eigenvalue weighted by atomic mass is 32.2. The van der Waals surface area contributed by atoms with Crippen LogP contribution in [0.5, 0.6) is 0 Å². The van der Waals surface area contributed by atoms with Crippen LogP contribution in [0.4, 0.5) is 0 Å². The Morgan fingerprint density at radius 3 is 2.83 bits per heavy atom. The van der Waals surface area contributed by atoms with Crippen molar-refractivity contribution in [2.45, 2.75) is 25.9 Å². The fourth-order valence-corrected chi connectivity index (χ4v) is 3.03. The van der Waals surface area contributed by atoms with Gasteiger partial charge in [0.1, 0.15) is 6.04 Å². The largest absolute Gasteiger partial charge is 0.480 e. The molecule has 0 aromatic heterocycles. The molecule has 0 unspecified atom stereocenters. The van der Waals surface area contributed by atoms with E-state index in [4.69, 9.17) is 0 Å². The summed E-state index contributed by atoms with van der Waals surface area (Å²) in [7, 11) is 0. The lowest BCUT2D eigenvalue weighted by atomic mass is 9.94. The summed E-state index contributed by atoms with van der Waals surface area (Å²) in [5.41, 5.74) is 2.46. The van der Waals surface area contributed by atoms with E-state index in [0.29, 0.717) is 6.42 Å². The van der Waals surface area contributed by atoms with E-state index in [1.807, 2.05) is 30.0 Å². The molecule has 0 amide bonds. The number of nitrogens with zero attached hydrogens (tertiary/aromatic N) is 1. The van der Waals surface area contributed by atoms with Crippen molar-refractivity contribution in [3.8, 4) is 0 Å². The van der Waals surface area contributed by atoms with Crippen LogP contribution in [0.3, 0.4) is 0 Å². The van der Waals surface area contributed by atoms with Crippen LogP contribution < -0.4 is 0 Å². The number of rotatable bonds is 5. The molecule has 0 saturated heterocycles. The van der Waals surface area contributed by atoms with Crippen LogP contribution in [0.2, 0.25) is 0 Å². The molecule has 1 aromatic carbocycles. The van der Waals surface area contributed by atoms with Gasteiger partial charge in [0, 0.05) is 18.8 Å². The Morgan fingerprint density at radius 1 is 1.44 bits per heavy atom. The van der Waals surface area contributed by atoms with Gasteiger partial charge in [-0.1, -0.05) is 31.2 Å². The first-order chi connectivity index (χ1) is 8.72. The van der Waals surface area contributed by atoms with Gasteiger partial charge < -0.3 is 5.11 Å². The predicted molar refractivity (Wildman–Crippen MR) is 75.0 cm³/mol. The van der Waals surface area contributed by atoms with Gasteiger partial charge in [0.15, 0.2) is 0 Å². The molecule has 0 radical (unpaired) electrons. The fourth-order valence-electron chi connectivity index (χ4n) is 2.38. The van der Waals surface area contributed by atoms with Crippen LogP contribution >= 0.6 is 11.8 Å². The van der Waals surface area contributed by atoms with E-state index in [2.05, 4.69) is 17.9 Å². The minimum absolute atomic E-state index is 0.364. The van der Waals surface area contributed by atoms with Gasteiger partial charge in [-0.15, -0.1) is 0 Å². The maximum Gasteiger partial charge on any atom is 0.321 e. The monoisotopic (exact) mass is 265 g/mol. The highest BCUT2D eigenvalue weighted by molar-refractivity contribution is 7.99. The van der Waals surface area contributed by atoms with Crippen molar-refractivity contribution >= 4 is 17.7 Å². The molecule has 98 valence electrons. The lowest BCUT2D eigenvalue weighted by Crippen LogP contribution is -2.46. The van der Waals surface area contributed by atoms with Gasteiger partial charge in [-0.25, -0.2) is 0 Å². The zero-order chi connectivity index (χ0) is 13.0. The van der Waals surface area contributed by atoms with Gasteiger partial charge in [-0.05, 0) is 23.3 Å². The van der Waals surface area contributed by atoms with Crippen molar-refractivity contribution < 1.29 is 9.90 Å². The van der Waals surface area contributed by atoms with Crippen LogP contribution in [0.25, 0.3) is 0 Å². The molecule has 0 aliphatic carbocycles. The predicted octanol–water partition coefficient (Wildman–Crippen LogP) is 2.25. The average molecular weight is 265 g/mol. The Hall–Kier alpha value is -1.00. The van der Waals surface area contributed by atoms with E-state index < -0.39 is 5.97 Å². The molecule has 3 nitrogen and oxygen atoms in total. The summed E-state index contributed by atoms with van der Waals surface area (Å²) in [6.45, 7) is 3.74. The third-order valence-electron chi connectivity index (χ3n) is 3.36. The molecule has 4 heteroatoms. The highest BCUT2D eigenvalue weighted by Gasteiger charge is 2.30. The first-order valence-electron chi connectivity index (χ1n) is 6.33. The van der Waals surface area contributed by atoms with E-state index >= 15 is 0 Å². The van der Waals surface area contributed by atoms with Crippen LogP contribution in [-0.2, 0) is 17.8 Å². The van der Waals surface area contributed by atoms with E-state index in [-0.39, 0.29) is 6.04 Å². The van der Waals surface area contributed by atoms with Crippen molar-refractivity contribution in [3.63, 3.8) is 0 Å². The number of hydrogen-bond acceptors (Lipinski definition) is 3. The lowest BCUT2D eigenvalue weighted by molar-refractivity contribution is -0.143. The lowest BCUT2D eigenvalue weighted by Gasteiger charge is -2.34. The number of hydrogen-bond donors (Lipinski definition) is 1. The second-order valence-electron chi connectivity index (χ2n) is 4.49. The van der Waals surface area contributed by atoms with Crippen LogP contribution in [0.1, 0.15) is 18.1 Å². The van der Waals surface area contributed by atoms with Crippen molar-refractivity contribution in [3.05, 3.63) is 35.4 Å². The molecule has 1 heterocycles. The highest BCUT2D eigenvalue weighted by Crippen LogP contribution is 2.23. The molecular weight excluding hydrogens is 246 g/mol. The first-order valence-corrected chi connectivity index (χ1v) is 7.49. The molecule has 18 heavy (non-hydrogen) atoms. The van der Waals surface area contributed by atoms with E-state index in [1.165, 1.54) is 11.1 Å². The zero-order valence-electron chi connectivity index (χ0n) is 10.6. The number of benzene rings is 1. The Bertz CT molecular complexity index is 422. The first kappa shape index (κ1) is 13.4. The van der Waals surface area contributed by atoms with Gasteiger partial charge in [-0.2, -0.15) is 11.8 Å². The summed E-state index contributed by atoms with van der Waals surface area (Å²) in [6.07, 6.45) is 0.627. The number of carboxylic acids is 1. The van der Waals surface area contributed by atoms with E-state index in [1.54, 1.807) is 0 Å². The molecule has 1 atom stereocenters. The standard InChI is InChI=1S/C14H19NO2S/c1-2-18-8-7-15-10-12-6-4-3-5-11(12)9-13(15)14(16)17/h3-6,13H,2,7-10H2,1H3,(H,16,17)/t13-/m0/s1. The minimum Gasteiger partial charge on any atom is -0.480 e. The van der Waals surface area contributed by atoms with Gasteiger partial charge >= 0.3 is 5.97 Å². The molecule has 1 aromatic rings. The second kappa shape index (κ2) is 6.25. The molecule has 0 spiro atoms. The summed E-state index contributed by atoms with van der Waals surface area (Å²) in [5.74, 6) is 1.39. The summed E-state index contributed by atoms with van der Waals surface area (Å²) >= 11 is 1.86. The smallest absolute Gasteiger partial charge is 0.321 e. The average Bonchev–Trinajstić information content (AvgIpc) is 2.38. The maximum absolute atomic E-state index is 11.4. The molecular formula is C14H19NO2S. The summed E-state index contributed by atoms with van der Waals surface area (Å²) in [6, 6.07) is 7.80. The van der Waals surface area contributed by atoms with E-state index in [9.17, 15) is 9.90 Å². The van der Waals surface area contributed by atoms with Gasteiger partial charge in [0.25, 0.3) is 0 Å². The fraction of sp³-hybridized carbons (Fsp3) is 0.500. The molecule has 0 saturated carbocycles. The number of thioether (sulfide) groups is 1. The van der Waals surface area contributed by atoms with Crippen molar-refractivity contribution in [1.82, 2.24) is 4.90 Å². The molecule has 2 rings (SSSR count). The van der Waals surface area contributed by atoms with Gasteiger partial charge in [0.05, 0.1) is 0 Å².